The molecule has 0 aliphatic carbocycles. The van der Waals surface area contributed by atoms with Crippen molar-refractivity contribution in [3.63, 3.8) is 0 Å². The Labute approximate surface area is 126 Å². The molecule has 0 spiro atoms. The largest absolute Gasteiger partial charge is 0.497 e. The van der Waals surface area contributed by atoms with E-state index < -0.39 is 0 Å². The first-order valence-corrected chi connectivity index (χ1v) is 7.09. The Morgan fingerprint density at radius 2 is 2.15 bits per heavy atom. The Hall–Kier alpha value is -2.06. The zero-order valence-electron chi connectivity index (χ0n) is 11.0. The van der Waals surface area contributed by atoms with E-state index in [4.69, 9.17) is 14.7 Å². The van der Waals surface area contributed by atoms with Crippen LogP contribution in [0.25, 0.3) is 0 Å². The number of nitrogens with zero attached hydrogens (tertiary/aromatic N) is 2. The second kappa shape index (κ2) is 6.92. The third-order valence-electron chi connectivity index (χ3n) is 2.75. The van der Waals surface area contributed by atoms with Crippen LogP contribution in [0.2, 0.25) is 0 Å². The molecule has 0 radical (unpaired) electrons. The van der Waals surface area contributed by atoms with Crippen LogP contribution in [0, 0.1) is 11.3 Å². The molecule has 0 amide bonds. The average molecular weight is 333 g/mol. The molecular formula is C15H13BrN2O2. The van der Waals surface area contributed by atoms with Gasteiger partial charge in [0.25, 0.3) is 0 Å². The van der Waals surface area contributed by atoms with Crippen LogP contribution in [0.15, 0.2) is 36.5 Å². The highest BCUT2D eigenvalue weighted by Crippen LogP contribution is 2.27. The molecule has 0 unspecified atom stereocenters. The van der Waals surface area contributed by atoms with Crippen molar-refractivity contribution in [1.29, 1.82) is 5.26 Å². The zero-order chi connectivity index (χ0) is 14.4. The summed E-state index contributed by atoms with van der Waals surface area (Å²) in [6, 6.07) is 11.3. The monoisotopic (exact) mass is 332 g/mol. The zero-order valence-corrected chi connectivity index (χ0v) is 12.6. The van der Waals surface area contributed by atoms with E-state index in [1.165, 1.54) is 0 Å². The van der Waals surface area contributed by atoms with Crippen LogP contribution in [0.3, 0.4) is 0 Å². The van der Waals surface area contributed by atoms with Crippen LogP contribution in [0.5, 0.6) is 11.5 Å². The quantitative estimate of drug-likeness (QED) is 0.787. The minimum Gasteiger partial charge on any atom is -0.497 e. The third-order valence-corrected chi connectivity index (χ3v) is 3.36. The molecule has 0 saturated carbocycles. The number of rotatable bonds is 5. The van der Waals surface area contributed by atoms with Crippen molar-refractivity contribution in [2.45, 2.75) is 11.9 Å². The van der Waals surface area contributed by atoms with E-state index in [1.54, 1.807) is 19.4 Å². The SMILES string of the molecule is COc1ccc(CBr)c(OCc2ccnc(C#N)c2)c1. The molecule has 0 fully saturated rings. The van der Waals surface area contributed by atoms with Gasteiger partial charge in [-0.3, -0.25) is 0 Å². The minimum atomic E-state index is 0.379. The molecule has 2 rings (SSSR count). The fourth-order valence-corrected chi connectivity index (χ4v) is 2.16. The van der Waals surface area contributed by atoms with Crippen LogP contribution < -0.4 is 9.47 Å². The predicted octanol–water partition coefficient (Wildman–Crippen LogP) is 3.44. The summed E-state index contributed by atoms with van der Waals surface area (Å²) < 4.78 is 11.0. The second-order valence-electron chi connectivity index (χ2n) is 4.06. The van der Waals surface area contributed by atoms with E-state index in [0.717, 1.165) is 22.6 Å². The van der Waals surface area contributed by atoms with Crippen molar-refractivity contribution in [3.05, 3.63) is 53.3 Å². The summed E-state index contributed by atoms with van der Waals surface area (Å²) in [5.74, 6) is 1.51. The van der Waals surface area contributed by atoms with Gasteiger partial charge in [-0.1, -0.05) is 22.0 Å². The number of aromatic nitrogens is 1. The minimum absolute atomic E-state index is 0.379. The van der Waals surface area contributed by atoms with E-state index in [-0.39, 0.29) is 0 Å². The smallest absolute Gasteiger partial charge is 0.140 e. The molecular weight excluding hydrogens is 320 g/mol. The van der Waals surface area contributed by atoms with Crippen LogP contribution in [-0.4, -0.2) is 12.1 Å². The van der Waals surface area contributed by atoms with E-state index in [9.17, 15) is 0 Å². The first kappa shape index (κ1) is 14.4. The maximum atomic E-state index is 8.82. The second-order valence-corrected chi connectivity index (χ2v) is 4.62. The van der Waals surface area contributed by atoms with Crippen LogP contribution >= 0.6 is 15.9 Å². The molecule has 2 aromatic rings. The first-order chi connectivity index (χ1) is 9.76. The molecule has 20 heavy (non-hydrogen) atoms. The molecule has 0 aliphatic heterocycles. The number of hydrogen-bond donors (Lipinski definition) is 0. The molecule has 5 heteroatoms. The highest BCUT2D eigenvalue weighted by molar-refractivity contribution is 9.08. The van der Waals surface area contributed by atoms with Gasteiger partial charge in [0.2, 0.25) is 0 Å². The van der Waals surface area contributed by atoms with Crippen LogP contribution in [0.4, 0.5) is 0 Å². The summed E-state index contributed by atoms with van der Waals surface area (Å²) in [7, 11) is 1.62. The number of alkyl halides is 1. The molecule has 0 aliphatic rings. The number of benzene rings is 1. The lowest BCUT2D eigenvalue weighted by Crippen LogP contribution is -1.99. The summed E-state index contributed by atoms with van der Waals surface area (Å²) in [5, 5.41) is 9.52. The van der Waals surface area contributed by atoms with E-state index >= 15 is 0 Å². The summed E-state index contributed by atoms with van der Waals surface area (Å²) in [6.45, 7) is 0.379. The van der Waals surface area contributed by atoms with Gasteiger partial charge in [-0.2, -0.15) is 5.26 Å². The molecule has 4 nitrogen and oxygen atoms in total. The van der Waals surface area contributed by atoms with Gasteiger partial charge in [-0.15, -0.1) is 0 Å². The average Bonchev–Trinajstić information content (AvgIpc) is 2.52. The number of methoxy groups -OCH3 is 1. The van der Waals surface area contributed by atoms with Gasteiger partial charge in [0.1, 0.15) is 29.9 Å². The molecule has 0 saturated heterocycles. The summed E-state index contributed by atoms with van der Waals surface area (Å²) in [6.07, 6.45) is 1.61. The van der Waals surface area contributed by atoms with Crippen molar-refractivity contribution in [2.75, 3.05) is 7.11 Å². The Morgan fingerprint density at radius 3 is 2.85 bits per heavy atom. The number of halogens is 1. The Kier molecular flexibility index (Phi) is 4.97. The van der Waals surface area contributed by atoms with Crippen molar-refractivity contribution >= 4 is 15.9 Å². The summed E-state index contributed by atoms with van der Waals surface area (Å²) in [5.41, 5.74) is 2.33. The lowest BCUT2D eigenvalue weighted by molar-refractivity contribution is 0.301. The lowest BCUT2D eigenvalue weighted by Gasteiger charge is -2.11. The first-order valence-electron chi connectivity index (χ1n) is 5.97. The Bertz CT molecular complexity index is 638. The Morgan fingerprint density at radius 1 is 1.30 bits per heavy atom. The fourth-order valence-electron chi connectivity index (χ4n) is 1.69. The molecule has 0 N–H and O–H groups in total. The molecule has 0 atom stereocenters. The molecule has 1 aromatic carbocycles. The standard InChI is InChI=1S/C15H13BrN2O2/c1-19-14-3-2-12(8-16)15(7-14)20-10-11-4-5-18-13(6-11)9-17/h2-7H,8,10H2,1H3. The van der Waals surface area contributed by atoms with Crippen LogP contribution in [0.1, 0.15) is 16.8 Å². The maximum Gasteiger partial charge on any atom is 0.140 e. The molecule has 1 heterocycles. The van der Waals surface area contributed by atoms with Gasteiger partial charge in [0.05, 0.1) is 7.11 Å². The Balaban J connectivity index is 2.15. The maximum absolute atomic E-state index is 8.82. The lowest BCUT2D eigenvalue weighted by atomic mass is 10.2. The van der Waals surface area contributed by atoms with Crippen molar-refractivity contribution in [1.82, 2.24) is 4.98 Å². The van der Waals surface area contributed by atoms with Crippen molar-refractivity contribution < 1.29 is 9.47 Å². The number of hydrogen-bond acceptors (Lipinski definition) is 4. The predicted molar refractivity (Wildman–Crippen MR) is 78.9 cm³/mol. The van der Waals surface area contributed by atoms with Gasteiger partial charge in [0.15, 0.2) is 0 Å². The summed E-state index contributed by atoms with van der Waals surface area (Å²) in [4.78, 5) is 3.93. The topological polar surface area (TPSA) is 55.1 Å². The van der Waals surface area contributed by atoms with Gasteiger partial charge < -0.3 is 9.47 Å². The number of ether oxygens (including phenoxy) is 2. The van der Waals surface area contributed by atoms with E-state index in [2.05, 4.69) is 20.9 Å². The fraction of sp³-hybridized carbons (Fsp3) is 0.200. The number of pyridine rings is 1. The third kappa shape index (κ3) is 3.49. The normalized spacial score (nSPS) is 9.85. The molecule has 102 valence electrons. The van der Waals surface area contributed by atoms with Crippen LogP contribution in [-0.2, 0) is 11.9 Å². The molecule has 1 aromatic heterocycles. The van der Waals surface area contributed by atoms with Crippen molar-refractivity contribution in [3.8, 4) is 17.6 Å². The van der Waals surface area contributed by atoms with E-state index in [1.807, 2.05) is 30.3 Å². The molecule has 0 bridgehead atoms. The van der Waals surface area contributed by atoms with E-state index in [0.29, 0.717) is 17.6 Å². The van der Waals surface area contributed by atoms with Crippen molar-refractivity contribution in [2.24, 2.45) is 0 Å². The highest BCUT2D eigenvalue weighted by Gasteiger charge is 2.06. The van der Waals surface area contributed by atoms with Gasteiger partial charge >= 0.3 is 0 Å². The van der Waals surface area contributed by atoms with Gasteiger partial charge in [-0.05, 0) is 23.8 Å². The van der Waals surface area contributed by atoms with Gasteiger partial charge in [0, 0.05) is 23.2 Å². The number of nitriles is 1. The highest BCUT2D eigenvalue weighted by atomic mass is 79.9. The van der Waals surface area contributed by atoms with Gasteiger partial charge in [-0.25, -0.2) is 4.98 Å². The summed E-state index contributed by atoms with van der Waals surface area (Å²) >= 11 is 3.43.